The van der Waals surface area contributed by atoms with Crippen LogP contribution in [0.15, 0.2) is 22.7 Å². The minimum Gasteiger partial charge on any atom is -0.493 e. The fraction of sp³-hybridized carbons (Fsp3) is 0.364. The van der Waals surface area contributed by atoms with Gasteiger partial charge in [0, 0.05) is 10.0 Å². The van der Waals surface area contributed by atoms with Crippen molar-refractivity contribution < 1.29 is 9.53 Å². The highest BCUT2D eigenvalue weighted by atomic mass is 79.9. The number of benzene rings is 1. The van der Waals surface area contributed by atoms with Crippen LogP contribution in [-0.2, 0) is 0 Å². The predicted molar refractivity (Wildman–Crippen MR) is 63.0 cm³/mol. The number of nitrogens with two attached hydrogens (primary N) is 1. The van der Waals surface area contributed by atoms with Crippen LogP contribution in [0.25, 0.3) is 0 Å². The third-order valence-corrected chi connectivity index (χ3v) is 2.20. The van der Waals surface area contributed by atoms with Crippen molar-refractivity contribution in [1.82, 2.24) is 0 Å². The summed E-state index contributed by atoms with van der Waals surface area (Å²) in [6.07, 6.45) is 0. The van der Waals surface area contributed by atoms with Gasteiger partial charge in [-0.25, -0.2) is 0 Å². The standard InChI is InChI=1S/C11H14BrNO2/c1-7(2)6-15-10-4-8(11(13)14)3-9(12)5-10/h3-5,7H,6H2,1-2H3,(H2,13,14). The van der Waals surface area contributed by atoms with Gasteiger partial charge in [0.2, 0.25) is 5.91 Å². The molecule has 4 heteroatoms. The van der Waals surface area contributed by atoms with Gasteiger partial charge < -0.3 is 10.5 Å². The van der Waals surface area contributed by atoms with Crippen molar-refractivity contribution in [3.63, 3.8) is 0 Å². The molecular weight excluding hydrogens is 258 g/mol. The molecule has 0 atom stereocenters. The summed E-state index contributed by atoms with van der Waals surface area (Å²) in [7, 11) is 0. The molecule has 0 saturated carbocycles. The largest absolute Gasteiger partial charge is 0.493 e. The van der Waals surface area contributed by atoms with Crippen molar-refractivity contribution in [2.24, 2.45) is 11.7 Å². The molecule has 0 fully saturated rings. The Balaban J connectivity index is 2.84. The Labute approximate surface area is 97.7 Å². The zero-order valence-corrected chi connectivity index (χ0v) is 10.4. The van der Waals surface area contributed by atoms with Crippen LogP contribution in [0.3, 0.4) is 0 Å². The molecule has 1 aromatic carbocycles. The van der Waals surface area contributed by atoms with Gasteiger partial charge >= 0.3 is 0 Å². The van der Waals surface area contributed by atoms with Crippen molar-refractivity contribution >= 4 is 21.8 Å². The van der Waals surface area contributed by atoms with Crippen LogP contribution in [0.5, 0.6) is 5.75 Å². The molecule has 1 amide bonds. The van der Waals surface area contributed by atoms with E-state index in [0.717, 1.165) is 4.47 Å². The molecule has 2 N–H and O–H groups in total. The van der Waals surface area contributed by atoms with Crippen LogP contribution in [-0.4, -0.2) is 12.5 Å². The van der Waals surface area contributed by atoms with Crippen molar-refractivity contribution in [3.05, 3.63) is 28.2 Å². The molecule has 0 aromatic heterocycles. The summed E-state index contributed by atoms with van der Waals surface area (Å²) in [5.41, 5.74) is 5.64. The molecule has 1 aromatic rings. The van der Waals surface area contributed by atoms with Crippen molar-refractivity contribution in [2.75, 3.05) is 6.61 Å². The van der Waals surface area contributed by atoms with E-state index in [2.05, 4.69) is 29.8 Å². The summed E-state index contributed by atoms with van der Waals surface area (Å²) < 4.78 is 6.29. The van der Waals surface area contributed by atoms with E-state index in [4.69, 9.17) is 10.5 Å². The van der Waals surface area contributed by atoms with E-state index in [1.54, 1.807) is 12.1 Å². The molecule has 0 aliphatic carbocycles. The van der Waals surface area contributed by atoms with Crippen LogP contribution in [0.1, 0.15) is 24.2 Å². The second-order valence-electron chi connectivity index (χ2n) is 3.74. The number of rotatable bonds is 4. The van der Waals surface area contributed by atoms with Crippen LogP contribution in [0, 0.1) is 5.92 Å². The van der Waals surface area contributed by atoms with Gasteiger partial charge in [0.1, 0.15) is 5.75 Å². The van der Waals surface area contributed by atoms with Crippen LogP contribution >= 0.6 is 15.9 Å². The molecule has 82 valence electrons. The molecule has 0 aliphatic rings. The first kappa shape index (κ1) is 12.0. The average molecular weight is 272 g/mol. The van der Waals surface area contributed by atoms with Gasteiger partial charge in [-0.15, -0.1) is 0 Å². The molecule has 0 radical (unpaired) electrons. The molecule has 15 heavy (non-hydrogen) atoms. The topological polar surface area (TPSA) is 52.3 Å². The Kier molecular flexibility index (Phi) is 4.15. The van der Waals surface area contributed by atoms with Crippen molar-refractivity contribution in [1.29, 1.82) is 0 Å². The van der Waals surface area contributed by atoms with E-state index in [1.165, 1.54) is 0 Å². The quantitative estimate of drug-likeness (QED) is 0.915. The first-order chi connectivity index (χ1) is 6.99. The van der Waals surface area contributed by atoms with Crippen LogP contribution in [0.2, 0.25) is 0 Å². The highest BCUT2D eigenvalue weighted by Gasteiger charge is 2.05. The number of carbonyl (C=O) groups is 1. The second-order valence-corrected chi connectivity index (χ2v) is 4.66. The predicted octanol–water partition coefficient (Wildman–Crippen LogP) is 2.58. The fourth-order valence-electron chi connectivity index (χ4n) is 1.05. The van der Waals surface area contributed by atoms with E-state index in [-0.39, 0.29) is 0 Å². The lowest BCUT2D eigenvalue weighted by molar-refractivity contribution is 0.0999. The monoisotopic (exact) mass is 271 g/mol. The maximum Gasteiger partial charge on any atom is 0.248 e. The Morgan fingerprint density at radius 2 is 2.13 bits per heavy atom. The number of primary amides is 1. The number of ether oxygens (including phenoxy) is 1. The van der Waals surface area contributed by atoms with Gasteiger partial charge in [-0.2, -0.15) is 0 Å². The Hall–Kier alpha value is -1.03. The summed E-state index contributed by atoms with van der Waals surface area (Å²) in [6, 6.07) is 5.13. The molecule has 0 unspecified atom stereocenters. The summed E-state index contributed by atoms with van der Waals surface area (Å²) in [5, 5.41) is 0. The summed E-state index contributed by atoms with van der Waals surface area (Å²) in [5.74, 6) is 0.651. The van der Waals surface area contributed by atoms with Gasteiger partial charge in [0.05, 0.1) is 6.61 Å². The Morgan fingerprint density at radius 3 is 2.67 bits per heavy atom. The smallest absolute Gasteiger partial charge is 0.248 e. The minimum absolute atomic E-state index is 0.445. The van der Waals surface area contributed by atoms with Crippen molar-refractivity contribution in [3.8, 4) is 5.75 Å². The van der Waals surface area contributed by atoms with Gasteiger partial charge in [0.25, 0.3) is 0 Å². The van der Waals surface area contributed by atoms with E-state index in [0.29, 0.717) is 23.8 Å². The highest BCUT2D eigenvalue weighted by Crippen LogP contribution is 2.21. The zero-order valence-electron chi connectivity index (χ0n) is 8.79. The van der Waals surface area contributed by atoms with Gasteiger partial charge in [-0.3, -0.25) is 4.79 Å². The molecular formula is C11H14BrNO2. The number of hydrogen-bond donors (Lipinski definition) is 1. The first-order valence-electron chi connectivity index (χ1n) is 4.72. The number of amides is 1. The zero-order chi connectivity index (χ0) is 11.4. The molecule has 1 rings (SSSR count). The lowest BCUT2D eigenvalue weighted by Gasteiger charge is -2.09. The summed E-state index contributed by atoms with van der Waals surface area (Å²) >= 11 is 3.30. The van der Waals surface area contributed by atoms with E-state index >= 15 is 0 Å². The number of halogens is 1. The van der Waals surface area contributed by atoms with Crippen molar-refractivity contribution in [2.45, 2.75) is 13.8 Å². The van der Waals surface area contributed by atoms with E-state index in [9.17, 15) is 4.79 Å². The Morgan fingerprint density at radius 1 is 1.47 bits per heavy atom. The van der Waals surface area contributed by atoms with Crippen LogP contribution < -0.4 is 10.5 Å². The molecule has 0 aliphatic heterocycles. The summed E-state index contributed by atoms with van der Waals surface area (Å²) in [4.78, 5) is 11.0. The lowest BCUT2D eigenvalue weighted by atomic mass is 10.2. The average Bonchev–Trinajstić information content (AvgIpc) is 2.13. The number of carbonyl (C=O) groups excluding carboxylic acids is 1. The Bertz CT molecular complexity index is 364. The van der Waals surface area contributed by atoms with Gasteiger partial charge in [-0.1, -0.05) is 29.8 Å². The summed E-state index contributed by atoms with van der Waals surface area (Å²) in [6.45, 7) is 4.74. The third-order valence-electron chi connectivity index (χ3n) is 1.74. The highest BCUT2D eigenvalue weighted by molar-refractivity contribution is 9.10. The molecule has 0 heterocycles. The molecule has 0 spiro atoms. The normalized spacial score (nSPS) is 10.4. The molecule has 0 saturated heterocycles. The fourth-order valence-corrected chi connectivity index (χ4v) is 1.52. The maximum absolute atomic E-state index is 11.0. The minimum atomic E-state index is -0.453. The first-order valence-corrected chi connectivity index (χ1v) is 5.51. The third kappa shape index (κ3) is 3.91. The lowest BCUT2D eigenvalue weighted by Crippen LogP contribution is -2.11. The van der Waals surface area contributed by atoms with E-state index < -0.39 is 5.91 Å². The SMILES string of the molecule is CC(C)COc1cc(Br)cc(C(N)=O)c1. The molecule has 0 bridgehead atoms. The van der Waals surface area contributed by atoms with Crippen LogP contribution in [0.4, 0.5) is 0 Å². The van der Waals surface area contributed by atoms with E-state index in [1.807, 2.05) is 6.07 Å². The maximum atomic E-state index is 11.0. The second kappa shape index (κ2) is 5.16. The number of hydrogen-bond acceptors (Lipinski definition) is 2. The van der Waals surface area contributed by atoms with Gasteiger partial charge in [-0.05, 0) is 24.1 Å². The van der Waals surface area contributed by atoms with Gasteiger partial charge in [0.15, 0.2) is 0 Å². The molecule has 3 nitrogen and oxygen atoms in total.